The minimum absolute atomic E-state index is 0.0183. The average Bonchev–Trinajstić information content (AvgIpc) is 2.86. The molecule has 1 aromatic rings. The van der Waals surface area contributed by atoms with E-state index in [-0.39, 0.29) is 17.7 Å². The number of alkyl halides is 2. The Balaban J connectivity index is 1.72. The summed E-state index contributed by atoms with van der Waals surface area (Å²) >= 11 is 0. The van der Waals surface area contributed by atoms with Crippen molar-refractivity contribution >= 4 is 25.0 Å². The molecule has 0 spiro atoms. The number of hydrogen-bond acceptors (Lipinski definition) is 8. The molecule has 2 aliphatic rings. The topological polar surface area (TPSA) is 120 Å². The largest absolute Gasteiger partial charge is 0.547 e. The number of para-hydroxylation sites is 1. The maximum Gasteiger partial charge on any atom is 0.547 e. The van der Waals surface area contributed by atoms with Crippen molar-refractivity contribution in [1.29, 1.82) is 0 Å². The second kappa shape index (κ2) is 8.32. The highest BCUT2D eigenvalue weighted by molar-refractivity contribution is 6.47. The van der Waals surface area contributed by atoms with E-state index in [1.54, 1.807) is 6.07 Å². The molecule has 2 aliphatic heterocycles. The lowest BCUT2D eigenvalue weighted by atomic mass is 9.72. The number of hydrogen-bond donors (Lipinski definition) is 2. The summed E-state index contributed by atoms with van der Waals surface area (Å²) in [6.07, 6.45) is -0.971. The standard InChI is InChI=1S/C20H24BF2NO8/c1-18(2)30-17(27)20(4,32-18)29-16(26)12-7-5-6-11-10-13(21(28)31-15(11)12)24-14(25)8-9-19(3,22)23/h5-7,13,28H,8-10H2,1-4H3,(H,24,25)/t13-,20?/m0/s1. The van der Waals surface area contributed by atoms with Crippen LogP contribution in [0, 0.1) is 0 Å². The Bertz CT molecular complexity index is 935. The SMILES string of the molecule is CC(F)(F)CCC(=O)N[C@H]1Cc2cccc(C(=O)OC3(C)OC(C)(C)OC3=O)c2OB1O. The number of halogens is 2. The van der Waals surface area contributed by atoms with Crippen molar-refractivity contribution in [2.24, 2.45) is 0 Å². The van der Waals surface area contributed by atoms with Crippen LogP contribution in [-0.4, -0.2) is 53.4 Å². The summed E-state index contributed by atoms with van der Waals surface area (Å²) in [5.41, 5.74) is 0.399. The first kappa shape index (κ1) is 23.9. The summed E-state index contributed by atoms with van der Waals surface area (Å²) in [6, 6.07) is 4.53. The molecule has 1 unspecified atom stereocenters. The number of rotatable bonds is 6. The van der Waals surface area contributed by atoms with Crippen LogP contribution in [0.2, 0.25) is 0 Å². The van der Waals surface area contributed by atoms with Crippen LogP contribution in [0.3, 0.4) is 0 Å². The number of cyclic esters (lactones) is 1. The van der Waals surface area contributed by atoms with Crippen LogP contribution in [0.4, 0.5) is 8.78 Å². The third kappa shape index (κ3) is 5.36. The first-order valence-electron chi connectivity index (χ1n) is 10.00. The first-order valence-corrected chi connectivity index (χ1v) is 10.00. The number of amides is 1. The Morgan fingerprint density at radius 1 is 1.34 bits per heavy atom. The van der Waals surface area contributed by atoms with E-state index in [4.69, 9.17) is 18.9 Å². The second-order valence-corrected chi connectivity index (χ2v) is 8.48. The molecular weight excluding hydrogens is 431 g/mol. The van der Waals surface area contributed by atoms with Crippen molar-refractivity contribution in [2.75, 3.05) is 0 Å². The van der Waals surface area contributed by atoms with E-state index in [9.17, 15) is 28.2 Å². The number of fused-ring (bicyclic) bond motifs is 1. The average molecular weight is 455 g/mol. The molecule has 0 aliphatic carbocycles. The maximum absolute atomic E-state index is 13.0. The molecule has 9 nitrogen and oxygen atoms in total. The molecular formula is C20H24BF2NO8. The molecule has 1 amide bonds. The van der Waals surface area contributed by atoms with Crippen LogP contribution < -0.4 is 9.97 Å². The molecule has 12 heteroatoms. The van der Waals surface area contributed by atoms with Gasteiger partial charge in [-0.1, -0.05) is 12.1 Å². The third-order valence-corrected chi connectivity index (χ3v) is 4.91. The Morgan fingerprint density at radius 2 is 2.03 bits per heavy atom. The van der Waals surface area contributed by atoms with Gasteiger partial charge in [-0.3, -0.25) is 9.53 Å². The van der Waals surface area contributed by atoms with E-state index in [0.29, 0.717) is 12.5 Å². The predicted octanol–water partition coefficient (Wildman–Crippen LogP) is 1.74. The fourth-order valence-corrected chi connectivity index (χ4v) is 3.46. The molecule has 0 bridgehead atoms. The molecule has 2 N–H and O–H groups in total. The van der Waals surface area contributed by atoms with Gasteiger partial charge in [-0.25, -0.2) is 18.4 Å². The van der Waals surface area contributed by atoms with E-state index >= 15 is 0 Å². The summed E-state index contributed by atoms with van der Waals surface area (Å²) in [5, 5.41) is 12.8. The highest BCUT2D eigenvalue weighted by Crippen LogP contribution is 2.36. The van der Waals surface area contributed by atoms with Gasteiger partial charge >= 0.3 is 24.8 Å². The monoisotopic (exact) mass is 455 g/mol. The van der Waals surface area contributed by atoms with E-state index < -0.39 is 61.2 Å². The number of carbonyl (C=O) groups excluding carboxylic acids is 3. The molecule has 1 aromatic carbocycles. The zero-order chi connectivity index (χ0) is 23.9. The molecule has 0 saturated carbocycles. The van der Waals surface area contributed by atoms with E-state index in [1.807, 2.05) is 0 Å². The number of nitrogens with one attached hydrogen (secondary N) is 1. The molecule has 2 heterocycles. The Morgan fingerprint density at radius 3 is 2.62 bits per heavy atom. The van der Waals surface area contributed by atoms with Crippen molar-refractivity contribution in [3.8, 4) is 5.75 Å². The fourth-order valence-electron chi connectivity index (χ4n) is 3.46. The summed E-state index contributed by atoms with van der Waals surface area (Å²) in [6.45, 7) is 4.94. The third-order valence-electron chi connectivity index (χ3n) is 4.91. The van der Waals surface area contributed by atoms with Gasteiger partial charge < -0.3 is 24.5 Å². The number of carbonyl (C=O) groups is 3. The van der Waals surface area contributed by atoms with Crippen molar-refractivity contribution in [3.05, 3.63) is 29.3 Å². The molecule has 1 fully saturated rings. The molecule has 174 valence electrons. The van der Waals surface area contributed by atoms with Crippen molar-refractivity contribution in [2.45, 2.75) is 70.4 Å². The van der Waals surface area contributed by atoms with Crippen LogP contribution >= 0.6 is 0 Å². The minimum Gasteiger partial charge on any atom is -0.534 e. The van der Waals surface area contributed by atoms with Crippen LogP contribution in [0.15, 0.2) is 18.2 Å². The lowest BCUT2D eigenvalue weighted by molar-refractivity contribution is -0.221. The van der Waals surface area contributed by atoms with Gasteiger partial charge in [-0.05, 0) is 25.0 Å². The van der Waals surface area contributed by atoms with Crippen LogP contribution in [-0.2, 0) is 30.2 Å². The number of benzene rings is 1. The quantitative estimate of drug-likeness (QED) is 0.492. The number of ether oxygens (including phenoxy) is 3. The summed E-state index contributed by atoms with van der Waals surface area (Å²) in [7, 11) is -1.54. The smallest absolute Gasteiger partial charge is 0.534 e. The summed E-state index contributed by atoms with van der Waals surface area (Å²) in [4.78, 5) is 36.8. The molecule has 32 heavy (non-hydrogen) atoms. The van der Waals surface area contributed by atoms with E-state index in [2.05, 4.69) is 5.32 Å². The molecule has 3 rings (SSSR count). The lowest BCUT2D eigenvalue weighted by Gasteiger charge is -2.29. The molecule has 0 radical (unpaired) electrons. The highest BCUT2D eigenvalue weighted by atomic mass is 19.3. The number of esters is 2. The van der Waals surface area contributed by atoms with Crippen molar-refractivity contribution < 1.29 is 47.1 Å². The molecule has 2 atom stereocenters. The van der Waals surface area contributed by atoms with E-state index in [0.717, 1.165) is 0 Å². The van der Waals surface area contributed by atoms with Gasteiger partial charge in [-0.2, -0.15) is 0 Å². The summed E-state index contributed by atoms with van der Waals surface area (Å²) < 4.78 is 47.0. The van der Waals surface area contributed by atoms with Crippen LogP contribution in [0.25, 0.3) is 0 Å². The van der Waals surface area contributed by atoms with Gasteiger partial charge in [0.1, 0.15) is 11.3 Å². The zero-order valence-corrected chi connectivity index (χ0v) is 18.1. The van der Waals surface area contributed by atoms with Crippen molar-refractivity contribution in [1.82, 2.24) is 5.32 Å². The maximum atomic E-state index is 13.0. The minimum atomic E-state index is -2.98. The fraction of sp³-hybridized carbons (Fsp3) is 0.550. The van der Waals surface area contributed by atoms with Gasteiger partial charge in [0.25, 0.3) is 0 Å². The Hall–Kier alpha value is -2.73. The van der Waals surface area contributed by atoms with Crippen LogP contribution in [0.1, 0.15) is 56.5 Å². The van der Waals surface area contributed by atoms with Crippen LogP contribution in [0.5, 0.6) is 5.75 Å². The second-order valence-electron chi connectivity index (χ2n) is 8.48. The predicted molar refractivity (Wildman–Crippen MR) is 106 cm³/mol. The van der Waals surface area contributed by atoms with Gasteiger partial charge in [-0.15, -0.1) is 0 Å². The van der Waals surface area contributed by atoms with Gasteiger partial charge in [0.15, 0.2) is 0 Å². The molecule has 1 saturated heterocycles. The molecule has 0 aromatic heterocycles. The van der Waals surface area contributed by atoms with Gasteiger partial charge in [0.2, 0.25) is 17.6 Å². The highest BCUT2D eigenvalue weighted by Gasteiger charge is 2.54. The summed E-state index contributed by atoms with van der Waals surface area (Å²) in [5.74, 6) is -9.59. The normalized spacial score (nSPS) is 24.3. The first-order chi connectivity index (χ1) is 14.7. The zero-order valence-electron chi connectivity index (χ0n) is 18.1. The van der Waals surface area contributed by atoms with Crippen molar-refractivity contribution in [3.63, 3.8) is 0 Å². The van der Waals surface area contributed by atoms with Gasteiger partial charge in [0, 0.05) is 33.6 Å². The van der Waals surface area contributed by atoms with Gasteiger partial charge in [0.05, 0.1) is 5.94 Å². The lowest BCUT2D eigenvalue weighted by Crippen LogP contribution is -2.53. The Labute approximate surface area is 183 Å². The van der Waals surface area contributed by atoms with E-state index in [1.165, 1.54) is 32.9 Å². The Kier molecular flexibility index (Phi) is 6.22.